The van der Waals surface area contributed by atoms with E-state index in [-0.39, 0.29) is 12.1 Å². The minimum atomic E-state index is -0.0565. The Morgan fingerprint density at radius 3 is 2.22 bits per heavy atom. The first-order valence-corrected chi connectivity index (χ1v) is 11.3. The van der Waals surface area contributed by atoms with E-state index >= 15 is 0 Å². The number of rotatable bonds is 17. The van der Waals surface area contributed by atoms with Gasteiger partial charge in [0.1, 0.15) is 0 Å². The van der Waals surface area contributed by atoms with Gasteiger partial charge in [-0.05, 0) is 0 Å². The normalized spacial score (nSPS) is 13.5. The molecule has 136 valence electrons. The van der Waals surface area contributed by atoms with Crippen LogP contribution in [0, 0.1) is 0 Å². The van der Waals surface area contributed by atoms with Crippen molar-refractivity contribution in [3.8, 4) is 0 Å². The van der Waals surface area contributed by atoms with Crippen LogP contribution in [0.15, 0.2) is 4.99 Å². The SMILES string of the molecule is CCCCCCCCCCOC(C[CH2][Cr][CH2]CC)C(C)N=C=O. The van der Waals surface area contributed by atoms with E-state index in [4.69, 9.17) is 4.74 Å². The van der Waals surface area contributed by atoms with Crippen molar-refractivity contribution in [2.45, 2.75) is 108 Å². The molecule has 0 radical (unpaired) electrons. The Morgan fingerprint density at radius 1 is 0.957 bits per heavy atom. The van der Waals surface area contributed by atoms with Gasteiger partial charge >= 0.3 is 137 Å². The van der Waals surface area contributed by atoms with Crippen molar-refractivity contribution in [3.63, 3.8) is 0 Å². The fraction of sp³-hybridized carbons (Fsp3) is 0.947. The summed E-state index contributed by atoms with van der Waals surface area (Å²) in [7, 11) is 0. The molecule has 0 aliphatic heterocycles. The molecule has 0 N–H and O–H groups in total. The van der Waals surface area contributed by atoms with E-state index < -0.39 is 0 Å². The van der Waals surface area contributed by atoms with Crippen LogP contribution in [-0.4, -0.2) is 24.8 Å². The molecule has 0 aromatic rings. The van der Waals surface area contributed by atoms with E-state index in [9.17, 15) is 4.79 Å². The third kappa shape index (κ3) is 15.2. The van der Waals surface area contributed by atoms with Crippen molar-refractivity contribution < 1.29 is 24.8 Å². The molecule has 0 amide bonds. The molecule has 0 saturated carbocycles. The molecule has 0 aromatic heterocycles. The van der Waals surface area contributed by atoms with Gasteiger partial charge in [-0.25, -0.2) is 0 Å². The van der Waals surface area contributed by atoms with Gasteiger partial charge in [-0.1, -0.05) is 13.3 Å². The van der Waals surface area contributed by atoms with Crippen molar-refractivity contribution >= 4 is 6.08 Å². The number of hydrogen-bond acceptors (Lipinski definition) is 3. The van der Waals surface area contributed by atoms with Crippen LogP contribution < -0.4 is 0 Å². The third-order valence-corrected chi connectivity index (χ3v) is 5.93. The molecule has 0 rings (SSSR count). The molecular formula is C19H37CrNO2. The summed E-state index contributed by atoms with van der Waals surface area (Å²) >= 11 is 0.708. The Hall–Kier alpha value is -0.128. The summed E-state index contributed by atoms with van der Waals surface area (Å²) in [5, 5.41) is 2.56. The Balaban J connectivity index is 3.75. The van der Waals surface area contributed by atoms with Gasteiger partial charge in [-0.15, -0.1) is 0 Å². The first-order chi connectivity index (χ1) is 11.3. The third-order valence-electron chi connectivity index (χ3n) is 4.02. The number of ether oxygens (including phenoxy) is 1. The van der Waals surface area contributed by atoms with Crippen LogP contribution in [0.4, 0.5) is 0 Å². The zero-order valence-corrected chi connectivity index (χ0v) is 16.8. The van der Waals surface area contributed by atoms with Crippen LogP contribution in [0.5, 0.6) is 0 Å². The fourth-order valence-corrected chi connectivity index (χ4v) is 3.94. The molecule has 0 aliphatic carbocycles. The van der Waals surface area contributed by atoms with Gasteiger partial charge in [0, 0.05) is 0 Å². The van der Waals surface area contributed by atoms with Crippen molar-refractivity contribution in [2.24, 2.45) is 4.99 Å². The number of hydrogen-bond donors (Lipinski definition) is 0. The molecule has 2 unspecified atom stereocenters. The van der Waals surface area contributed by atoms with Crippen LogP contribution in [0.2, 0.25) is 10.6 Å². The Labute approximate surface area is 150 Å². The van der Waals surface area contributed by atoms with Crippen molar-refractivity contribution in [1.82, 2.24) is 0 Å². The molecule has 2 atom stereocenters. The molecular weight excluding hydrogens is 326 g/mol. The Morgan fingerprint density at radius 2 is 1.61 bits per heavy atom. The number of aliphatic imine (C=N–C) groups is 1. The van der Waals surface area contributed by atoms with Crippen LogP contribution in [0.25, 0.3) is 0 Å². The quantitative estimate of drug-likeness (QED) is 0.182. The predicted octanol–water partition coefficient (Wildman–Crippen LogP) is 5.96. The zero-order chi connectivity index (χ0) is 17.2. The molecule has 0 bridgehead atoms. The predicted molar refractivity (Wildman–Crippen MR) is 94.5 cm³/mol. The first-order valence-electron chi connectivity index (χ1n) is 9.52. The molecule has 0 saturated heterocycles. The maximum atomic E-state index is 10.5. The maximum absolute atomic E-state index is 10.5. The molecule has 0 aromatic carbocycles. The van der Waals surface area contributed by atoms with E-state index in [1.54, 1.807) is 6.08 Å². The van der Waals surface area contributed by atoms with Gasteiger partial charge in [0.25, 0.3) is 0 Å². The van der Waals surface area contributed by atoms with E-state index in [1.807, 2.05) is 6.92 Å². The number of isocyanates is 1. The van der Waals surface area contributed by atoms with Crippen molar-refractivity contribution in [2.75, 3.05) is 6.61 Å². The minimum absolute atomic E-state index is 0.0565. The molecule has 23 heavy (non-hydrogen) atoms. The van der Waals surface area contributed by atoms with Crippen LogP contribution in [-0.2, 0) is 24.8 Å². The Bertz CT molecular complexity index is 293. The van der Waals surface area contributed by atoms with Gasteiger partial charge in [0.2, 0.25) is 0 Å². The Kier molecular flexibility index (Phi) is 18.1. The summed E-state index contributed by atoms with van der Waals surface area (Å²) in [5.41, 5.74) is 0. The summed E-state index contributed by atoms with van der Waals surface area (Å²) < 4.78 is 6.02. The summed E-state index contributed by atoms with van der Waals surface area (Å²) in [6, 6.07) is -0.0565. The second-order valence-corrected chi connectivity index (χ2v) is 8.16. The van der Waals surface area contributed by atoms with Gasteiger partial charge in [0.15, 0.2) is 0 Å². The van der Waals surface area contributed by atoms with Crippen molar-refractivity contribution in [1.29, 1.82) is 0 Å². The molecule has 0 aliphatic rings. The molecule has 0 fully saturated rings. The second-order valence-electron chi connectivity index (χ2n) is 6.25. The average molecular weight is 364 g/mol. The fourth-order valence-electron chi connectivity index (χ4n) is 2.55. The first kappa shape index (κ1) is 22.9. The van der Waals surface area contributed by atoms with E-state index in [2.05, 4.69) is 18.8 Å². The number of nitrogens with zero attached hydrogens (tertiary/aromatic N) is 1. The van der Waals surface area contributed by atoms with Gasteiger partial charge in [-0.2, -0.15) is 0 Å². The summed E-state index contributed by atoms with van der Waals surface area (Å²) in [4.78, 5) is 14.3. The topological polar surface area (TPSA) is 38.7 Å². The van der Waals surface area contributed by atoms with Gasteiger partial charge in [0.05, 0.1) is 0 Å². The van der Waals surface area contributed by atoms with Crippen LogP contribution in [0.3, 0.4) is 0 Å². The van der Waals surface area contributed by atoms with E-state index in [1.165, 1.54) is 61.9 Å². The monoisotopic (exact) mass is 363 g/mol. The molecule has 0 spiro atoms. The van der Waals surface area contributed by atoms with Crippen molar-refractivity contribution in [3.05, 3.63) is 0 Å². The average Bonchev–Trinajstić information content (AvgIpc) is 2.55. The molecule has 0 heterocycles. The summed E-state index contributed by atoms with van der Waals surface area (Å²) in [5.74, 6) is 0. The van der Waals surface area contributed by atoms with E-state index in [0.29, 0.717) is 15.2 Å². The summed E-state index contributed by atoms with van der Waals surface area (Å²) in [6.07, 6.45) is 14.6. The van der Waals surface area contributed by atoms with Crippen LogP contribution >= 0.6 is 0 Å². The van der Waals surface area contributed by atoms with Gasteiger partial charge < -0.3 is 0 Å². The van der Waals surface area contributed by atoms with Crippen LogP contribution in [0.1, 0.15) is 85.0 Å². The second kappa shape index (κ2) is 18.2. The summed E-state index contributed by atoms with van der Waals surface area (Å²) in [6.45, 7) is 7.26. The van der Waals surface area contributed by atoms with Gasteiger partial charge in [-0.3, -0.25) is 0 Å². The standard InChI is InChI=1S/C16H30NO2.C3H7.Cr/c1-4-6-7-8-9-10-11-12-13-19-16(5-2)15(3)17-14-18;1-3-2;/h15-16H,2,4-13H2,1,3H3;1,3H2,2H3;. The number of carbonyl (C=O) groups excluding carboxylic acids is 1. The van der Waals surface area contributed by atoms with E-state index in [0.717, 1.165) is 19.4 Å². The molecule has 4 heteroatoms. The number of unbranched alkanes of at least 4 members (excludes halogenated alkanes) is 7. The zero-order valence-electron chi connectivity index (χ0n) is 15.5. The molecule has 3 nitrogen and oxygen atoms in total.